The summed E-state index contributed by atoms with van der Waals surface area (Å²) in [5, 5.41) is 2.95. The number of halogens is 1. The first-order valence-electron chi connectivity index (χ1n) is 10.5. The second-order valence-electron chi connectivity index (χ2n) is 7.71. The van der Waals surface area contributed by atoms with Gasteiger partial charge in [0.1, 0.15) is 11.3 Å². The first-order chi connectivity index (χ1) is 15.8. The maximum Gasteiger partial charge on any atom is 0.166 e. The van der Waals surface area contributed by atoms with E-state index in [4.69, 9.17) is 16.6 Å². The van der Waals surface area contributed by atoms with E-state index in [2.05, 4.69) is 82.3 Å². The van der Waals surface area contributed by atoms with Crippen LogP contribution in [0, 0.1) is 0 Å². The number of benzene rings is 4. The molecule has 2 aromatic heterocycles. The fourth-order valence-electron chi connectivity index (χ4n) is 4.15. The lowest BCUT2D eigenvalue weighted by Gasteiger charge is -2.10. The van der Waals surface area contributed by atoms with E-state index in [1.807, 2.05) is 24.3 Å². The van der Waals surface area contributed by atoms with Crippen LogP contribution in [0.4, 0.5) is 0 Å². The summed E-state index contributed by atoms with van der Waals surface area (Å²) < 4.78 is 2.07. The van der Waals surface area contributed by atoms with E-state index >= 15 is 0 Å². The molecule has 0 aliphatic carbocycles. The lowest BCUT2D eigenvalue weighted by atomic mass is 10.00. The fraction of sp³-hybridized carbons (Fsp3) is 0. The molecule has 32 heavy (non-hydrogen) atoms. The van der Waals surface area contributed by atoms with Gasteiger partial charge in [0.25, 0.3) is 0 Å². The Morgan fingerprint density at radius 1 is 0.625 bits per heavy atom. The topological polar surface area (TPSA) is 30.7 Å². The van der Waals surface area contributed by atoms with E-state index in [1.54, 1.807) is 12.3 Å². The summed E-state index contributed by atoms with van der Waals surface area (Å²) in [6.45, 7) is 0. The van der Waals surface area contributed by atoms with Gasteiger partial charge in [0, 0.05) is 17.4 Å². The highest BCUT2D eigenvalue weighted by Crippen LogP contribution is 2.33. The lowest BCUT2D eigenvalue weighted by Crippen LogP contribution is -1.98. The average Bonchev–Trinajstić information content (AvgIpc) is 3.25. The van der Waals surface area contributed by atoms with Crippen LogP contribution in [0.3, 0.4) is 0 Å². The van der Waals surface area contributed by atoms with Gasteiger partial charge in [0.2, 0.25) is 0 Å². The Kier molecular flexibility index (Phi) is 4.48. The summed E-state index contributed by atoms with van der Waals surface area (Å²) in [4.78, 5) is 9.49. The first kappa shape index (κ1) is 18.8. The van der Waals surface area contributed by atoms with Crippen LogP contribution in [0.1, 0.15) is 0 Å². The first-order valence-corrected chi connectivity index (χ1v) is 10.8. The molecular weight excluding hydrogens is 414 g/mol. The Hall–Kier alpha value is -3.95. The molecule has 0 bridgehead atoms. The Bertz CT molecular complexity index is 1570. The van der Waals surface area contributed by atoms with Gasteiger partial charge < -0.3 is 0 Å². The summed E-state index contributed by atoms with van der Waals surface area (Å²) >= 11 is 6.47. The molecular formula is C28H18ClN3. The number of imidazole rings is 1. The summed E-state index contributed by atoms with van der Waals surface area (Å²) in [5.74, 6) is 0.820. The molecule has 0 unspecified atom stereocenters. The molecule has 6 aromatic rings. The van der Waals surface area contributed by atoms with E-state index in [0.717, 1.165) is 28.1 Å². The summed E-state index contributed by atoms with van der Waals surface area (Å²) in [7, 11) is 0. The highest BCUT2D eigenvalue weighted by Gasteiger charge is 2.17. The maximum absolute atomic E-state index is 6.47. The molecule has 0 fully saturated rings. The van der Waals surface area contributed by atoms with Crippen molar-refractivity contribution >= 4 is 33.5 Å². The minimum Gasteiger partial charge on any atom is -0.277 e. The minimum absolute atomic E-state index is 0.597. The zero-order valence-electron chi connectivity index (χ0n) is 17.1. The molecule has 152 valence electrons. The van der Waals surface area contributed by atoms with Gasteiger partial charge in [-0.2, -0.15) is 0 Å². The van der Waals surface area contributed by atoms with Crippen molar-refractivity contribution in [3.05, 3.63) is 114 Å². The van der Waals surface area contributed by atoms with Crippen molar-refractivity contribution in [1.82, 2.24) is 14.5 Å². The standard InChI is InChI=1S/C28H18ClN3/c29-25-15-16-30-28-26(25)31-27(32(28)24-9-5-2-6-10-24)23-14-13-21-17-20(11-12-22(21)18-23)19-7-3-1-4-8-19/h1-18H. The third-order valence-electron chi connectivity index (χ3n) is 5.72. The maximum atomic E-state index is 6.47. The summed E-state index contributed by atoms with van der Waals surface area (Å²) in [5.41, 5.74) is 5.89. The van der Waals surface area contributed by atoms with Crippen molar-refractivity contribution in [2.24, 2.45) is 0 Å². The Morgan fingerprint density at radius 2 is 1.28 bits per heavy atom. The molecule has 0 saturated heterocycles. The van der Waals surface area contributed by atoms with E-state index < -0.39 is 0 Å². The third-order valence-corrected chi connectivity index (χ3v) is 6.02. The van der Waals surface area contributed by atoms with Gasteiger partial charge >= 0.3 is 0 Å². The van der Waals surface area contributed by atoms with Gasteiger partial charge in [-0.05, 0) is 52.2 Å². The van der Waals surface area contributed by atoms with Gasteiger partial charge in [-0.3, -0.25) is 4.57 Å². The van der Waals surface area contributed by atoms with E-state index in [1.165, 1.54) is 16.5 Å². The number of fused-ring (bicyclic) bond motifs is 2. The zero-order valence-corrected chi connectivity index (χ0v) is 17.9. The van der Waals surface area contributed by atoms with Crippen molar-refractivity contribution in [2.45, 2.75) is 0 Å². The van der Waals surface area contributed by atoms with Gasteiger partial charge in [-0.1, -0.05) is 84.4 Å². The second-order valence-corrected chi connectivity index (χ2v) is 8.12. The van der Waals surface area contributed by atoms with Crippen LogP contribution < -0.4 is 0 Å². The highest BCUT2D eigenvalue weighted by atomic mass is 35.5. The monoisotopic (exact) mass is 431 g/mol. The number of aromatic nitrogens is 3. The highest BCUT2D eigenvalue weighted by molar-refractivity contribution is 6.34. The average molecular weight is 432 g/mol. The number of hydrogen-bond acceptors (Lipinski definition) is 2. The molecule has 0 atom stereocenters. The van der Waals surface area contributed by atoms with E-state index in [9.17, 15) is 0 Å². The lowest BCUT2D eigenvalue weighted by molar-refractivity contribution is 1.08. The van der Waals surface area contributed by atoms with Crippen LogP contribution in [0.15, 0.2) is 109 Å². The predicted octanol–water partition coefficient (Wildman–Crippen LogP) is 7.56. The van der Waals surface area contributed by atoms with E-state index in [0.29, 0.717) is 10.5 Å². The molecule has 0 aliphatic heterocycles. The smallest absolute Gasteiger partial charge is 0.166 e. The predicted molar refractivity (Wildman–Crippen MR) is 132 cm³/mol. The van der Waals surface area contributed by atoms with Gasteiger partial charge in [-0.25, -0.2) is 9.97 Å². The third kappa shape index (κ3) is 3.15. The zero-order chi connectivity index (χ0) is 21.5. The van der Waals surface area contributed by atoms with Crippen molar-refractivity contribution in [3.8, 4) is 28.2 Å². The molecule has 4 heteroatoms. The van der Waals surface area contributed by atoms with E-state index in [-0.39, 0.29) is 0 Å². The van der Waals surface area contributed by atoms with Gasteiger partial charge in [0.05, 0.1) is 5.02 Å². The quantitative estimate of drug-likeness (QED) is 0.289. The normalized spacial score (nSPS) is 11.3. The number of pyridine rings is 1. The molecule has 0 radical (unpaired) electrons. The van der Waals surface area contributed by atoms with Crippen molar-refractivity contribution in [3.63, 3.8) is 0 Å². The second kappa shape index (κ2) is 7.63. The molecule has 0 spiro atoms. The molecule has 0 saturated carbocycles. The van der Waals surface area contributed by atoms with Crippen molar-refractivity contribution in [1.29, 1.82) is 0 Å². The molecule has 3 nitrogen and oxygen atoms in total. The fourth-order valence-corrected chi connectivity index (χ4v) is 4.34. The minimum atomic E-state index is 0.597. The largest absolute Gasteiger partial charge is 0.277 e. The Morgan fingerprint density at radius 3 is 2.03 bits per heavy atom. The van der Waals surface area contributed by atoms with Crippen LogP contribution in [0.2, 0.25) is 5.02 Å². The molecule has 2 heterocycles. The Balaban J connectivity index is 1.54. The van der Waals surface area contributed by atoms with Crippen LogP contribution in [-0.4, -0.2) is 14.5 Å². The molecule has 4 aromatic carbocycles. The number of nitrogens with zero attached hydrogens (tertiary/aromatic N) is 3. The van der Waals surface area contributed by atoms with Gasteiger partial charge in [0.15, 0.2) is 5.65 Å². The number of para-hydroxylation sites is 1. The number of hydrogen-bond donors (Lipinski definition) is 0. The van der Waals surface area contributed by atoms with Gasteiger partial charge in [-0.15, -0.1) is 0 Å². The number of rotatable bonds is 3. The molecule has 0 N–H and O–H groups in total. The summed E-state index contributed by atoms with van der Waals surface area (Å²) in [6, 6.07) is 35.4. The summed E-state index contributed by atoms with van der Waals surface area (Å²) in [6.07, 6.45) is 1.72. The van der Waals surface area contributed by atoms with Crippen molar-refractivity contribution in [2.75, 3.05) is 0 Å². The Labute approximate surface area is 190 Å². The van der Waals surface area contributed by atoms with Crippen LogP contribution >= 0.6 is 11.6 Å². The van der Waals surface area contributed by atoms with Crippen LogP contribution in [0.25, 0.3) is 50.1 Å². The van der Waals surface area contributed by atoms with Crippen LogP contribution in [-0.2, 0) is 0 Å². The molecule has 0 amide bonds. The molecule has 0 aliphatic rings. The SMILES string of the molecule is Clc1ccnc2c1nc(-c1ccc3cc(-c4ccccc4)ccc3c1)n2-c1ccccc1. The van der Waals surface area contributed by atoms with Crippen molar-refractivity contribution < 1.29 is 0 Å². The molecule has 6 rings (SSSR count). The van der Waals surface area contributed by atoms with Crippen LogP contribution in [0.5, 0.6) is 0 Å².